The van der Waals surface area contributed by atoms with Crippen molar-refractivity contribution in [3.8, 4) is 0 Å². The van der Waals surface area contributed by atoms with Crippen LogP contribution >= 0.6 is 0 Å². The maximum absolute atomic E-state index is 12.3. The molecule has 2 heteroatoms. The Bertz CT molecular complexity index is 343. The first-order chi connectivity index (χ1) is 9.61. The number of hydrogen-bond acceptors (Lipinski definition) is 1. The largest absolute Gasteiger partial charge is 0.342 e. The lowest BCUT2D eigenvalue weighted by atomic mass is 10.1. The molecule has 2 aliphatic carbocycles. The van der Waals surface area contributed by atoms with Gasteiger partial charge < -0.3 is 4.90 Å². The topological polar surface area (TPSA) is 20.3 Å². The van der Waals surface area contributed by atoms with E-state index in [1.165, 1.54) is 19.3 Å². The molecule has 0 heterocycles. The van der Waals surface area contributed by atoms with E-state index in [9.17, 15) is 4.79 Å². The van der Waals surface area contributed by atoms with E-state index in [-0.39, 0.29) is 0 Å². The van der Waals surface area contributed by atoms with E-state index in [0.717, 1.165) is 44.2 Å². The summed E-state index contributed by atoms with van der Waals surface area (Å²) in [5, 5.41) is 0. The fourth-order valence-corrected chi connectivity index (χ4v) is 3.05. The molecule has 0 radical (unpaired) electrons. The Kier molecular flexibility index (Phi) is 5.68. The van der Waals surface area contributed by atoms with Crippen molar-refractivity contribution in [3.05, 3.63) is 12.2 Å². The molecule has 0 bridgehead atoms. The molecule has 1 amide bonds. The zero-order valence-electron chi connectivity index (χ0n) is 13.5. The van der Waals surface area contributed by atoms with Gasteiger partial charge in [0.15, 0.2) is 0 Å². The van der Waals surface area contributed by atoms with Crippen molar-refractivity contribution >= 4 is 5.91 Å². The van der Waals surface area contributed by atoms with Gasteiger partial charge in [0.25, 0.3) is 0 Å². The first-order valence-electron chi connectivity index (χ1n) is 8.55. The minimum atomic E-state index is 0.374. The highest BCUT2D eigenvalue weighted by atomic mass is 16.2. The maximum Gasteiger partial charge on any atom is 0.225 e. The summed E-state index contributed by atoms with van der Waals surface area (Å²) < 4.78 is 0. The standard InChI is InChI=1S/C18H31NO/c1-4-5-6-7-8-16-11-17(16)13-19(12-14(2)3)18(20)15-9-10-15/h5-6,14-17H,4,7-13H2,1-3H3. The van der Waals surface area contributed by atoms with Gasteiger partial charge in [-0.25, -0.2) is 0 Å². The summed E-state index contributed by atoms with van der Waals surface area (Å²) in [7, 11) is 0. The lowest BCUT2D eigenvalue weighted by Crippen LogP contribution is -2.37. The van der Waals surface area contributed by atoms with Crippen molar-refractivity contribution < 1.29 is 4.79 Å². The van der Waals surface area contributed by atoms with E-state index >= 15 is 0 Å². The van der Waals surface area contributed by atoms with Crippen LogP contribution in [0.25, 0.3) is 0 Å². The lowest BCUT2D eigenvalue weighted by molar-refractivity contribution is -0.133. The molecule has 2 fully saturated rings. The first-order valence-corrected chi connectivity index (χ1v) is 8.55. The fraction of sp³-hybridized carbons (Fsp3) is 0.833. The zero-order chi connectivity index (χ0) is 14.5. The normalized spacial score (nSPS) is 25.4. The second-order valence-corrected chi connectivity index (χ2v) is 7.12. The molecule has 2 saturated carbocycles. The molecule has 2 aliphatic rings. The molecule has 0 aromatic heterocycles. The fourth-order valence-electron chi connectivity index (χ4n) is 3.05. The molecule has 2 rings (SSSR count). The third-order valence-electron chi connectivity index (χ3n) is 4.45. The first kappa shape index (κ1) is 15.6. The van der Waals surface area contributed by atoms with Crippen LogP contribution < -0.4 is 0 Å². The summed E-state index contributed by atoms with van der Waals surface area (Å²) in [6, 6.07) is 0. The highest BCUT2D eigenvalue weighted by Crippen LogP contribution is 2.43. The molecule has 0 aromatic carbocycles. The number of allylic oxidation sites excluding steroid dienone is 2. The van der Waals surface area contributed by atoms with Crippen molar-refractivity contribution in [1.29, 1.82) is 0 Å². The Morgan fingerprint density at radius 3 is 2.60 bits per heavy atom. The Hall–Kier alpha value is -0.790. The third-order valence-corrected chi connectivity index (χ3v) is 4.45. The van der Waals surface area contributed by atoms with Crippen LogP contribution in [0.5, 0.6) is 0 Å². The second kappa shape index (κ2) is 7.28. The van der Waals surface area contributed by atoms with Gasteiger partial charge in [0.2, 0.25) is 5.91 Å². The Morgan fingerprint density at radius 1 is 1.25 bits per heavy atom. The summed E-state index contributed by atoms with van der Waals surface area (Å²) >= 11 is 0. The van der Waals surface area contributed by atoms with Gasteiger partial charge in [-0.2, -0.15) is 0 Å². The van der Waals surface area contributed by atoms with Crippen LogP contribution in [0.3, 0.4) is 0 Å². The van der Waals surface area contributed by atoms with Gasteiger partial charge in [-0.05, 0) is 56.3 Å². The van der Waals surface area contributed by atoms with Crippen molar-refractivity contribution in [2.45, 2.75) is 59.3 Å². The van der Waals surface area contributed by atoms with Gasteiger partial charge in [-0.3, -0.25) is 4.79 Å². The Labute approximate surface area is 124 Å². The SMILES string of the molecule is CCC=CCCC1CC1CN(CC(C)C)C(=O)C1CC1. The lowest BCUT2D eigenvalue weighted by Gasteiger charge is -2.25. The van der Waals surface area contributed by atoms with E-state index in [1.54, 1.807) is 0 Å². The van der Waals surface area contributed by atoms with Gasteiger partial charge >= 0.3 is 0 Å². The molecule has 0 N–H and O–H groups in total. The quantitative estimate of drug-likeness (QED) is 0.577. The average molecular weight is 277 g/mol. The number of rotatable bonds is 9. The van der Waals surface area contributed by atoms with Gasteiger partial charge in [0, 0.05) is 19.0 Å². The van der Waals surface area contributed by atoms with Gasteiger partial charge in [-0.15, -0.1) is 0 Å². The second-order valence-electron chi connectivity index (χ2n) is 7.12. The van der Waals surface area contributed by atoms with Crippen LogP contribution in [0.15, 0.2) is 12.2 Å². The molecular formula is C18H31NO. The maximum atomic E-state index is 12.3. The van der Waals surface area contributed by atoms with Gasteiger partial charge in [-0.1, -0.05) is 32.9 Å². The minimum Gasteiger partial charge on any atom is -0.342 e. The number of carbonyl (C=O) groups excluding carboxylic acids is 1. The highest BCUT2D eigenvalue weighted by Gasteiger charge is 2.40. The molecule has 2 atom stereocenters. The molecule has 0 spiro atoms. The Morgan fingerprint density at radius 2 is 2.00 bits per heavy atom. The summed E-state index contributed by atoms with van der Waals surface area (Å²) in [5.41, 5.74) is 0. The molecule has 0 aromatic rings. The molecule has 114 valence electrons. The number of amides is 1. The number of carbonyl (C=O) groups is 1. The van der Waals surface area contributed by atoms with Crippen molar-refractivity contribution in [2.75, 3.05) is 13.1 Å². The zero-order valence-corrected chi connectivity index (χ0v) is 13.5. The van der Waals surface area contributed by atoms with Crippen LogP contribution in [0.1, 0.15) is 59.3 Å². The molecule has 2 nitrogen and oxygen atoms in total. The predicted molar refractivity (Wildman–Crippen MR) is 84.4 cm³/mol. The molecule has 2 unspecified atom stereocenters. The van der Waals surface area contributed by atoms with E-state index < -0.39 is 0 Å². The minimum absolute atomic E-state index is 0.374. The summed E-state index contributed by atoms with van der Waals surface area (Å²) in [6.45, 7) is 8.59. The third kappa shape index (κ3) is 4.96. The smallest absolute Gasteiger partial charge is 0.225 e. The van der Waals surface area contributed by atoms with Crippen LogP contribution in [0, 0.1) is 23.7 Å². The monoisotopic (exact) mass is 277 g/mol. The summed E-state index contributed by atoms with van der Waals surface area (Å²) in [5.74, 6) is 3.06. The predicted octanol–water partition coefficient (Wildman–Crippen LogP) is 4.26. The molecule has 0 saturated heterocycles. The van der Waals surface area contributed by atoms with Crippen LogP contribution in [0.4, 0.5) is 0 Å². The van der Waals surface area contributed by atoms with Gasteiger partial charge in [0.05, 0.1) is 0 Å². The van der Waals surface area contributed by atoms with Crippen LogP contribution in [0.2, 0.25) is 0 Å². The van der Waals surface area contributed by atoms with Gasteiger partial charge in [0.1, 0.15) is 0 Å². The van der Waals surface area contributed by atoms with Crippen LogP contribution in [-0.2, 0) is 4.79 Å². The highest BCUT2D eigenvalue weighted by molar-refractivity contribution is 5.81. The number of hydrogen-bond donors (Lipinski definition) is 0. The van der Waals surface area contributed by atoms with E-state index in [0.29, 0.717) is 17.7 Å². The molecule has 20 heavy (non-hydrogen) atoms. The van der Waals surface area contributed by atoms with Crippen molar-refractivity contribution in [1.82, 2.24) is 4.90 Å². The molecule has 0 aliphatic heterocycles. The summed E-state index contributed by atoms with van der Waals surface area (Å²) in [4.78, 5) is 14.5. The molecular weight excluding hydrogens is 246 g/mol. The van der Waals surface area contributed by atoms with E-state index in [1.807, 2.05) is 0 Å². The van der Waals surface area contributed by atoms with E-state index in [2.05, 4.69) is 37.8 Å². The van der Waals surface area contributed by atoms with E-state index in [4.69, 9.17) is 0 Å². The Balaban J connectivity index is 1.72. The average Bonchev–Trinajstić information content (AvgIpc) is 3.28. The van der Waals surface area contributed by atoms with Crippen molar-refractivity contribution in [3.63, 3.8) is 0 Å². The van der Waals surface area contributed by atoms with Crippen LogP contribution in [-0.4, -0.2) is 23.9 Å². The number of nitrogens with zero attached hydrogens (tertiary/aromatic N) is 1. The summed E-state index contributed by atoms with van der Waals surface area (Å²) in [6.07, 6.45) is 11.9. The van der Waals surface area contributed by atoms with Crippen molar-refractivity contribution in [2.24, 2.45) is 23.7 Å².